The number of carbonyl (C=O) groups is 1. The average molecular weight is 408 g/mol. The van der Waals surface area contributed by atoms with Gasteiger partial charge in [0.15, 0.2) is 0 Å². The third kappa shape index (κ3) is 4.52. The van der Waals surface area contributed by atoms with Gasteiger partial charge in [0.25, 0.3) is 5.69 Å². The van der Waals surface area contributed by atoms with Crippen molar-refractivity contribution in [3.05, 3.63) is 75.9 Å². The molecule has 1 heterocycles. The second-order valence-electron chi connectivity index (χ2n) is 7.23. The maximum Gasteiger partial charge on any atom is 0.293 e. The Morgan fingerprint density at radius 1 is 1.23 bits per heavy atom. The largest absolute Gasteiger partial charge is 0.319 e. The first kappa shape index (κ1) is 21.1. The zero-order chi connectivity index (χ0) is 21.8. The van der Waals surface area contributed by atoms with E-state index < -0.39 is 4.92 Å². The molecular formula is C21H24N6O3. The van der Waals surface area contributed by atoms with Crippen molar-refractivity contribution >= 4 is 17.3 Å². The minimum Gasteiger partial charge on any atom is -0.319 e. The number of amides is 1. The zero-order valence-corrected chi connectivity index (χ0v) is 17.4. The quantitative estimate of drug-likeness (QED) is 0.474. The number of benzene rings is 2. The van der Waals surface area contributed by atoms with Gasteiger partial charge in [0.05, 0.1) is 17.2 Å². The van der Waals surface area contributed by atoms with E-state index in [0.717, 1.165) is 16.8 Å². The monoisotopic (exact) mass is 408 g/mol. The lowest BCUT2D eigenvalue weighted by Crippen LogP contribution is -2.32. The molecule has 3 aromatic rings. The smallest absolute Gasteiger partial charge is 0.293 e. The van der Waals surface area contributed by atoms with E-state index in [1.807, 2.05) is 50.1 Å². The highest BCUT2D eigenvalue weighted by Crippen LogP contribution is 2.30. The van der Waals surface area contributed by atoms with E-state index in [2.05, 4.69) is 15.4 Å². The van der Waals surface area contributed by atoms with Crippen LogP contribution in [-0.2, 0) is 4.79 Å². The second-order valence-corrected chi connectivity index (χ2v) is 7.23. The van der Waals surface area contributed by atoms with Crippen molar-refractivity contribution in [2.24, 2.45) is 0 Å². The molecule has 0 radical (unpaired) electrons. The zero-order valence-electron chi connectivity index (χ0n) is 17.4. The van der Waals surface area contributed by atoms with Crippen molar-refractivity contribution in [2.75, 3.05) is 18.9 Å². The summed E-state index contributed by atoms with van der Waals surface area (Å²) in [7, 11) is 1.84. The number of anilines is 1. The van der Waals surface area contributed by atoms with Gasteiger partial charge in [-0.1, -0.05) is 18.2 Å². The van der Waals surface area contributed by atoms with Crippen molar-refractivity contribution in [1.29, 1.82) is 0 Å². The van der Waals surface area contributed by atoms with E-state index in [9.17, 15) is 14.9 Å². The molecule has 1 aromatic heterocycles. The lowest BCUT2D eigenvalue weighted by molar-refractivity contribution is -0.384. The molecule has 0 aliphatic heterocycles. The molecule has 1 amide bonds. The van der Waals surface area contributed by atoms with E-state index in [-0.39, 0.29) is 29.9 Å². The van der Waals surface area contributed by atoms with Crippen molar-refractivity contribution in [3.8, 4) is 5.69 Å². The molecule has 1 atom stereocenters. The summed E-state index contributed by atoms with van der Waals surface area (Å²) in [6.07, 6.45) is 3.10. The Morgan fingerprint density at radius 3 is 2.53 bits per heavy atom. The fraction of sp³-hybridized carbons (Fsp3) is 0.286. The summed E-state index contributed by atoms with van der Waals surface area (Å²) in [4.78, 5) is 29.3. The Kier molecular flexibility index (Phi) is 6.22. The number of nitro benzene ring substituents is 1. The molecule has 0 spiro atoms. The Labute approximate surface area is 174 Å². The van der Waals surface area contributed by atoms with Crippen LogP contribution >= 0.6 is 0 Å². The first-order chi connectivity index (χ1) is 14.3. The summed E-state index contributed by atoms with van der Waals surface area (Å²) >= 11 is 0. The molecule has 30 heavy (non-hydrogen) atoms. The van der Waals surface area contributed by atoms with Gasteiger partial charge in [-0.15, -0.1) is 0 Å². The Hall–Kier alpha value is -3.59. The van der Waals surface area contributed by atoms with Crippen molar-refractivity contribution < 1.29 is 9.72 Å². The highest BCUT2D eigenvalue weighted by Gasteiger charge is 2.21. The molecule has 9 nitrogen and oxygen atoms in total. The van der Waals surface area contributed by atoms with Crippen molar-refractivity contribution in [1.82, 2.24) is 19.7 Å². The summed E-state index contributed by atoms with van der Waals surface area (Å²) in [5, 5.41) is 18.2. The molecule has 2 aromatic carbocycles. The number of aromatic nitrogens is 3. The number of nitro groups is 1. The van der Waals surface area contributed by atoms with E-state index >= 15 is 0 Å². The third-order valence-electron chi connectivity index (χ3n) is 5.29. The number of rotatable bonds is 7. The number of carbonyl (C=O) groups excluding carboxylic acids is 1. The number of aryl methyl sites for hydroxylation is 1. The van der Waals surface area contributed by atoms with Gasteiger partial charge in [0, 0.05) is 12.1 Å². The molecule has 0 saturated heterocycles. The van der Waals surface area contributed by atoms with Gasteiger partial charge in [-0.2, -0.15) is 5.10 Å². The average Bonchev–Trinajstić information content (AvgIpc) is 3.25. The summed E-state index contributed by atoms with van der Waals surface area (Å²) in [5.41, 5.74) is 3.65. The second kappa shape index (κ2) is 8.83. The molecule has 3 rings (SSSR count). The molecule has 1 N–H and O–H groups in total. The molecule has 0 bridgehead atoms. The van der Waals surface area contributed by atoms with Crippen LogP contribution in [0.5, 0.6) is 0 Å². The van der Waals surface area contributed by atoms with Gasteiger partial charge in [-0.25, -0.2) is 9.67 Å². The summed E-state index contributed by atoms with van der Waals surface area (Å²) in [5.74, 6) is -0.305. The molecule has 156 valence electrons. The molecule has 0 saturated carbocycles. The number of likely N-dealkylation sites (N-methyl/N-ethyl adjacent to an activating group) is 1. The predicted molar refractivity (Wildman–Crippen MR) is 114 cm³/mol. The number of nitrogens with zero attached hydrogens (tertiary/aromatic N) is 5. The van der Waals surface area contributed by atoms with Crippen LogP contribution in [-0.4, -0.2) is 44.1 Å². The maximum absolute atomic E-state index is 12.6. The standard InChI is InChI=1S/C21H24N6O3/c1-14-5-10-19(27(29)30)21(15(14)2)24-20(28)11-25(4)16(3)17-6-8-18(9-7-17)26-13-22-12-23-26/h5-10,12-13,16H,11H2,1-4H3,(H,24,28). The summed E-state index contributed by atoms with van der Waals surface area (Å²) < 4.78 is 1.67. The molecule has 9 heteroatoms. The van der Waals surface area contributed by atoms with Gasteiger partial charge in [-0.3, -0.25) is 19.8 Å². The highest BCUT2D eigenvalue weighted by atomic mass is 16.6. The molecule has 0 fully saturated rings. The van der Waals surface area contributed by atoms with Gasteiger partial charge in [0.1, 0.15) is 18.3 Å². The van der Waals surface area contributed by atoms with Gasteiger partial charge in [0.2, 0.25) is 5.91 Å². The third-order valence-corrected chi connectivity index (χ3v) is 5.29. The van der Waals surface area contributed by atoms with Gasteiger partial charge >= 0.3 is 0 Å². The van der Waals surface area contributed by atoms with E-state index in [4.69, 9.17) is 0 Å². The van der Waals surface area contributed by atoms with E-state index in [0.29, 0.717) is 5.56 Å². The molecule has 0 aliphatic rings. The Bertz CT molecular complexity index is 1050. The van der Waals surface area contributed by atoms with Gasteiger partial charge < -0.3 is 5.32 Å². The number of hydrogen-bond donors (Lipinski definition) is 1. The molecular weight excluding hydrogens is 384 g/mol. The number of hydrogen-bond acceptors (Lipinski definition) is 6. The summed E-state index contributed by atoms with van der Waals surface area (Å²) in [6, 6.07) is 10.9. The fourth-order valence-corrected chi connectivity index (χ4v) is 3.16. The highest BCUT2D eigenvalue weighted by molar-refractivity contribution is 5.95. The van der Waals surface area contributed by atoms with Crippen molar-refractivity contribution in [2.45, 2.75) is 26.8 Å². The van der Waals surface area contributed by atoms with Crippen LogP contribution in [0, 0.1) is 24.0 Å². The SMILES string of the molecule is Cc1ccc([N+](=O)[O-])c(NC(=O)CN(C)C(C)c2ccc(-n3cncn3)cc2)c1C. The predicted octanol–water partition coefficient (Wildman–Crippen LogP) is 3.42. The van der Waals surface area contributed by atoms with Crippen LogP contribution in [0.4, 0.5) is 11.4 Å². The molecule has 0 aliphatic carbocycles. The topological polar surface area (TPSA) is 106 Å². The fourth-order valence-electron chi connectivity index (χ4n) is 3.16. The van der Waals surface area contributed by atoms with Gasteiger partial charge in [-0.05, 0) is 56.6 Å². The van der Waals surface area contributed by atoms with Crippen LogP contribution in [0.25, 0.3) is 5.69 Å². The first-order valence-electron chi connectivity index (χ1n) is 9.47. The van der Waals surface area contributed by atoms with E-state index in [1.54, 1.807) is 24.0 Å². The first-order valence-corrected chi connectivity index (χ1v) is 9.47. The minimum absolute atomic E-state index is 0.0332. The van der Waals surface area contributed by atoms with Crippen LogP contribution in [0.2, 0.25) is 0 Å². The van der Waals surface area contributed by atoms with Crippen LogP contribution in [0.1, 0.15) is 29.7 Å². The minimum atomic E-state index is -0.481. The Balaban J connectivity index is 1.69. The van der Waals surface area contributed by atoms with Crippen LogP contribution in [0.3, 0.4) is 0 Å². The Morgan fingerprint density at radius 2 is 1.93 bits per heavy atom. The molecule has 1 unspecified atom stereocenters. The normalized spacial score (nSPS) is 12.0. The lowest BCUT2D eigenvalue weighted by Gasteiger charge is -2.25. The van der Waals surface area contributed by atoms with Crippen LogP contribution in [0.15, 0.2) is 49.1 Å². The summed E-state index contributed by atoms with van der Waals surface area (Å²) in [6.45, 7) is 5.71. The number of nitrogens with one attached hydrogen (secondary N) is 1. The van der Waals surface area contributed by atoms with Crippen LogP contribution < -0.4 is 5.32 Å². The van der Waals surface area contributed by atoms with E-state index in [1.165, 1.54) is 12.4 Å². The lowest BCUT2D eigenvalue weighted by atomic mass is 10.1. The maximum atomic E-state index is 12.6. The van der Waals surface area contributed by atoms with Crippen molar-refractivity contribution in [3.63, 3.8) is 0 Å².